The lowest BCUT2D eigenvalue weighted by Crippen LogP contribution is -2.28. The Hall–Kier alpha value is -2.24. The predicted octanol–water partition coefficient (Wildman–Crippen LogP) is 0.979. The molecule has 0 saturated carbocycles. The maximum Gasteiger partial charge on any atom is 0.423 e. The molecule has 6 heteroatoms. The van der Waals surface area contributed by atoms with Gasteiger partial charge in [0.2, 0.25) is 0 Å². The minimum absolute atomic E-state index is 0.00116. The summed E-state index contributed by atoms with van der Waals surface area (Å²) in [5, 5.41) is 17.0. The molecule has 4 N–H and O–H groups in total. The Morgan fingerprint density at radius 3 is 2.36 bits per heavy atom. The summed E-state index contributed by atoms with van der Waals surface area (Å²) >= 11 is 0. The van der Waals surface area contributed by atoms with Crippen LogP contribution in [-0.4, -0.2) is 22.3 Å². The molecule has 1 aromatic carbocycles. The van der Waals surface area contributed by atoms with E-state index in [1.807, 2.05) is 5.43 Å². The Bertz CT molecular complexity index is 364. The number of aromatic carboxylic acids is 1. The van der Waals surface area contributed by atoms with Gasteiger partial charge >= 0.3 is 12.1 Å². The van der Waals surface area contributed by atoms with Crippen LogP contribution >= 0.6 is 0 Å². The number of carbonyl (C=O) groups is 2. The summed E-state index contributed by atoms with van der Waals surface area (Å²) in [6.07, 6.45) is -1.29. The van der Waals surface area contributed by atoms with Gasteiger partial charge in [-0.15, -0.1) is 0 Å². The number of para-hydroxylation sites is 1. The molecule has 0 aliphatic rings. The van der Waals surface area contributed by atoms with Gasteiger partial charge in [-0.2, -0.15) is 0 Å². The van der Waals surface area contributed by atoms with Crippen molar-refractivity contribution >= 4 is 17.7 Å². The topological polar surface area (TPSA) is 98.7 Å². The molecule has 0 radical (unpaired) electrons. The number of anilines is 1. The van der Waals surface area contributed by atoms with E-state index in [-0.39, 0.29) is 11.3 Å². The lowest BCUT2D eigenvalue weighted by atomic mass is 10.2. The first-order chi connectivity index (χ1) is 6.61. The zero-order valence-electron chi connectivity index (χ0n) is 7.02. The van der Waals surface area contributed by atoms with E-state index < -0.39 is 12.1 Å². The van der Waals surface area contributed by atoms with Crippen LogP contribution in [0.1, 0.15) is 10.4 Å². The molecular formula is C8H8N2O4. The molecule has 1 amide bonds. The molecule has 0 fully saturated rings. The summed E-state index contributed by atoms with van der Waals surface area (Å²) in [6.45, 7) is 0. The third kappa shape index (κ3) is 2.37. The molecule has 0 bridgehead atoms. The van der Waals surface area contributed by atoms with Crippen molar-refractivity contribution in [3.05, 3.63) is 29.8 Å². The van der Waals surface area contributed by atoms with Crippen molar-refractivity contribution < 1.29 is 19.8 Å². The zero-order chi connectivity index (χ0) is 10.6. The van der Waals surface area contributed by atoms with Crippen LogP contribution < -0.4 is 10.9 Å². The molecule has 1 aromatic rings. The quantitative estimate of drug-likeness (QED) is 0.540. The van der Waals surface area contributed by atoms with Gasteiger partial charge in [-0.1, -0.05) is 12.1 Å². The van der Waals surface area contributed by atoms with Gasteiger partial charge in [-0.25, -0.2) is 15.0 Å². The molecular weight excluding hydrogens is 188 g/mol. The first-order valence-electron chi connectivity index (χ1n) is 3.68. The van der Waals surface area contributed by atoms with Crippen molar-refractivity contribution in [2.75, 3.05) is 5.43 Å². The van der Waals surface area contributed by atoms with E-state index in [2.05, 4.69) is 5.43 Å². The summed E-state index contributed by atoms with van der Waals surface area (Å²) in [7, 11) is 0. The fourth-order valence-corrected chi connectivity index (χ4v) is 0.899. The molecule has 0 unspecified atom stereocenters. The van der Waals surface area contributed by atoms with E-state index in [1.54, 1.807) is 12.1 Å². The van der Waals surface area contributed by atoms with Crippen molar-refractivity contribution in [2.24, 2.45) is 0 Å². The lowest BCUT2D eigenvalue weighted by molar-refractivity contribution is 0.0697. The van der Waals surface area contributed by atoms with Crippen molar-refractivity contribution in [3.63, 3.8) is 0 Å². The lowest BCUT2D eigenvalue weighted by Gasteiger charge is -2.07. The second-order valence-electron chi connectivity index (χ2n) is 2.41. The second kappa shape index (κ2) is 4.13. The van der Waals surface area contributed by atoms with E-state index in [4.69, 9.17) is 10.2 Å². The van der Waals surface area contributed by atoms with Gasteiger partial charge < -0.3 is 10.2 Å². The number of hydrazine groups is 1. The van der Waals surface area contributed by atoms with Crippen LogP contribution in [0.15, 0.2) is 24.3 Å². The summed E-state index contributed by atoms with van der Waals surface area (Å²) in [6, 6.07) is 5.97. The normalized spacial score (nSPS) is 9.14. The zero-order valence-corrected chi connectivity index (χ0v) is 7.02. The third-order valence-electron chi connectivity index (χ3n) is 1.46. The highest BCUT2D eigenvalue weighted by molar-refractivity contribution is 5.94. The van der Waals surface area contributed by atoms with E-state index in [0.717, 1.165) is 0 Å². The molecule has 6 nitrogen and oxygen atoms in total. The highest BCUT2D eigenvalue weighted by Gasteiger charge is 2.08. The van der Waals surface area contributed by atoms with Gasteiger partial charge in [0.05, 0.1) is 11.3 Å². The minimum Gasteiger partial charge on any atom is -0.478 e. The number of hydrogen-bond donors (Lipinski definition) is 4. The molecule has 0 heterocycles. The van der Waals surface area contributed by atoms with Crippen LogP contribution in [0, 0.1) is 0 Å². The van der Waals surface area contributed by atoms with Crippen molar-refractivity contribution in [3.8, 4) is 0 Å². The molecule has 0 aromatic heterocycles. The number of amides is 1. The molecule has 0 saturated heterocycles. The average Bonchev–Trinajstić information content (AvgIpc) is 2.15. The maximum absolute atomic E-state index is 10.7. The second-order valence-corrected chi connectivity index (χ2v) is 2.41. The summed E-state index contributed by atoms with van der Waals surface area (Å²) in [5.41, 5.74) is 4.32. The van der Waals surface area contributed by atoms with E-state index in [1.165, 1.54) is 12.1 Å². The van der Waals surface area contributed by atoms with Gasteiger partial charge in [0.15, 0.2) is 0 Å². The van der Waals surface area contributed by atoms with E-state index in [9.17, 15) is 9.59 Å². The van der Waals surface area contributed by atoms with Gasteiger partial charge in [0, 0.05) is 0 Å². The Morgan fingerprint density at radius 2 is 1.79 bits per heavy atom. The van der Waals surface area contributed by atoms with E-state index in [0.29, 0.717) is 0 Å². The van der Waals surface area contributed by atoms with Gasteiger partial charge in [-0.05, 0) is 12.1 Å². The summed E-state index contributed by atoms with van der Waals surface area (Å²) < 4.78 is 0. The van der Waals surface area contributed by atoms with Gasteiger partial charge in [0.1, 0.15) is 0 Å². The molecule has 0 spiro atoms. The molecule has 0 aliphatic heterocycles. The Morgan fingerprint density at radius 1 is 1.14 bits per heavy atom. The van der Waals surface area contributed by atoms with Crippen LogP contribution in [0.3, 0.4) is 0 Å². The number of nitrogens with one attached hydrogen (secondary N) is 2. The Kier molecular flexibility index (Phi) is 2.90. The number of benzene rings is 1. The van der Waals surface area contributed by atoms with Crippen LogP contribution in [0.25, 0.3) is 0 Å². The molecule has 0 atom stereocenters. The first kappa shape index (κ1) is 9.85. The highest BCUT2D eigenvalue weighted by atomic mass is 16.4. The number of carboxylic acid groups (broad SMARTS) is 2. The molecule has 74 valence electrons. The maximum atomic E-state index is 10.7. The average molecular weight is 196 g/mol. The predicted molar refractivity (Wildman–Crippen MR) is 48.2 cm³/mol. The van der Waals surface area contributed by atoms with Crippen LogP contribution in [-0.2, 0) is 0 Å². The SMILES string of the molecule is O=C(O)NNc1ccccc1C(=O)O. The number of carboxylic acids is 1. The number of hydrogen-bond acceptors (Lipinski definition) is 3. The smallest absolute Gasteiger partial charge is 0.423 e. The van der Waals surface area contributed by atoms with Gasteiger partial charge in [-0.3, -0.25) is 5.43 Å². The standard InChI is InChI=1S/C8H8N2O4/c11-7(12)5-3-1-2-4-6(5)9-10-8(13)14/h1-4,9-10H,(H,11,12)(H,13,14). The summed E-state index contributed by atoms with van der Waals surface area (Å²) in [5.74, 6) is -1.12. The van der Waals surface area contributed by atoms with Crippen molar-refractivity contribution in [2.45, 2.75) is 0 Å². The van der Waals surface area contributed by atoms with Crippen LogP contribution in [0.4, 0.5) is 10.5 Å². The highest BCUT2D eigenvalue weighted by Crippen LogP contribution is 2.13. The summed E-state index contributed by atoms with van der Waals surface area (Å²) in [4.78, 5) is 20.8. The van der Waals surface area contributed by atoms with Crippen molar-refractivity contribution in [1.29, 1.82) is 0 Å². The first-order valence-corrected chi connectivity index (χ1v) is 3.68. The fourth-order valence-electron chi connectivity index (χ4n) is 0.899. The van der Waals surface area contributed by atoms with Crippen LogP contribution in [0.2, 0.25) is 0 Å². The Balaban J connectivity index is 2.84. The number of rotatable bonds is 3. The molecule has 14 heavy (non-hydrogen) atoms. The molecule has 0 aliphatic carbocycles. The minimum atomic E-state index is -1.29. The largest absolute Gasteiger partial charge is 0.478 e. The van der Waals surface area contributed by atoms with Gasteiger partial charge in [0.25, 0.3) is 0 Å². The monoisotopic (exact) mass is 196 g/mol. The van der Waals surface area contributed by atoms with E-state index >= 15 is 0 Å². The molecule has 1 rings (SSSR count). The third-order valence-corrected chi connectivity index (χ3v) is 1.46. The van der Waals surface area contributed by atoms with Crippen molar-refractivity contribution in [1.82, 2.24) is 5.43 Å². The van der Waals surface area contributed by atoms with Crippen LogP contribution in [0.5, 0.6) is 0 Å². The Labute approximate surface area is 79.1 Å². The fraction of sp³-hybridized carbons (Fsp3) is 0.